The number of hydrogen-bond donors (Lipinski definition) is 4. The van der Waals surface area contributed by atoms with Crippen LogP contribution in [0.5, 0.6) is 0 Å². The van der Waals surface area contributed by atoms with Crippen LogP contribution in [0.15, 0.2) is 0 Å². The molecule has 0 radical (unpaired) electrons. The monoisotopic (exact) mass is 617 g/mol. The third kappa shape index (κ3) is 12.5. The maximum atomic E-state index is 3.89. The van der Waals surface area contributed by atoms with Crippen molar-refractivity contribution in [3.05, 3.63) is 0 Å². The average Bonchev–Trinajstić information content (AvgIpc) is 2.85. The Balaban J connectivity index is 0.000000170. The fraction of sp³-hybridized carbons (Fsp3) is 1.00. The van der Waals surface area contributed by atoms with E-state index in [4.69, 9.17) is 0 Å². The smallest absolute Gasteiger partial charge is 0.0191 e. The molecule has 8 rings (SSSR count). The fourth-order valence-electron chi connectivity index (χ4n) is 11.2. The van der Waals surface area contributed by atoms with E-state index in [0.717, 1.165) is 40.9 Å². The van der Waals surface area contributed by atoms with Crippen LogP contribution in [0.3, 0.4) is 0 Å². The Labute approximate surface area is 276 Å². The molecule has 0 aliphatic heterocycles. The van der Waals surface area contributed by atoms with Crippen LogP contribution in [0, 0.1) is 40.9 Å². The van der Waals surface area contributed by atoms with Gasteiger partial charge >= 0.3 is 0 Å². The second-order valence-corrected chi connectivity index (χ2v) is 18.6. The molecule has 1 atom stereocenters. The van der Waals surface area contributed by atoms with Crippen molar-refractivity contribution in [2.24, 2.45) is 40.9 Å². The normalized spacial score (nSPS) is 36.8. The predicted octanol–water partition coefficient (Wildman–Crippen LogP) is 9.33. The summed E-state index contributed by atoms with van der Waals surface area (Å²) in [5.41, 5.74) is 1.29. The second-order valence-electron chi connectivity index (χ2n) is 18.6. The molecule has 8 bridgehead atoms. The van der Waals surface area contributed by atoms with Crippen LogP contribution < -0.4 is 21.3 Å². The quantitative estimate of drug-likeness (QED) is 0.198. The van der Waals surface area contributed by atoms with Crippen LogP contribution in [-0.4, -0.2) is 48.3 Å². The Morgan fingerprint density at radius 1 is 0.477 bits per heavy atom. The summed E-state index contributed by atoms with van der Waals surface area (Å²) in [5, 5.41) is 14.3. The van der Waals surface area contributed by atoms with Crippen molar-refractivity contribution in [3.8, 4) is 0 Å². The number of hydrogen-bond acceptors (Lipinski definition) is 4. The van der Waals surface area contributed by atoms with Gasteiger partial charge < -0.3 is 21.3 Å². The summed E-state index contributed by atoms with van der Waals surface area (Å²) in [7, 11) is 0. The fourth-order valence-corrected chi connectivity index (χ4v) is 11.2. The van der Waals surface area contributed by atoms with E-state index in [9.17, 15) is 0 Å². The van der Waals surface area contributed by atoms with Crippen molar-refractivity contribution >= 4 is 0 Å². The molecule has 4 nitrogen and oxygen atoms in total. The van der Waals surface area contributed by atoms with E-state index in [2.05, 4.69) is 104 Å². The first-order valence-electron chi connectivity index (χ1n) is 19.6. The number of nitrogens with one attached hydrogen (secondary N) is 4. The Morgan fingerprint density at radius 2 is 0.841 bits per heavy atom. The van der Waals surface area contributed by atoms with Gasteiger partial charge in [-0.25, -0.2) is 0 Å². The Kier molecular flexibility index (Phi) is 15.1. The predicted molar refractivity (Wildman–Crippen MR) is 194 cm³/mol. The third-order valence-electron chi connectivity index (χ3n) is 11.6. The van der Waals surface area contributed by atoms with Crippen molar-refractivity contribution in [1.82, 2.24) is 21.3 Å². The highest BCUT2D eigenvalue weighted by Crippen LogP contribution is 2.60. The minimum atomic E-state index is 0.572. The summed E-state index contributed by atoms with van der Waals surface area (Å²) in [6, 6.07) is 3.89. The van der Waals surface area contributed by atoms with Crippen molar-refractivity contribution in [2.75, 3.05) is 6.54 Å². The van der Waals surface area contributed by atoms with Crippen LogP contribution in [0.25, 0.3) is 0 Å². The summed E-state index contributed by atoms with van der Waals surface area (Å²) >= 11 is 0. The summed E-state index contributed by atoms with van der Waals surface area (Å²) in [6.45, 7) is 27.8. The Bertz CT molecular complexity index is 717. The van der Waals surface area contributed by atoms with Gasteiger partial charge in [-0.2, -0.15) is 0 Å². The van der Waals surface area contributed by atoms with Gasteiger partial charge in [0.2, 0.25) is 0 Å². The summed E-state index contributed by atoms with van der Waals surface area (Å²) in [5.74, 6) is 6.54. The minimum absolute atomic E-state index is 0.572. The van der Waals surface area contributed by atoms with E-state index in [0.29, 0.717) is 41.8 Å². The molecule has 0 aromatic carbocycles. The van der Waals surface area contributed by atoms with Gasteiger partial charge in [-0.3, -0.25) is 0 Å². The molecule has 8 fully saturated rings. The van der Waals surface area contributed by atoms with Crippen LogP contribution >= 0.6 is 0 Å². The lowest BCUT2D eigenvalue weighted by atomic mass is 9.49. The standard InChI is InChI=1S/C14H25N.C13H23N.C7H17N.C6H15N/c1-10(2)15-9-14-6-11-3-12(7-14)5-13(4-11)8-14;1-9(2)14-13-6-10-3-11(7-13)5-12(4-10)8-13;1-5-7(4)8-6(2)3;1-5(2)7-6(3)4/h10-13,15H,3-9H2,1-2H3;9-12,14H,3-8H2,1-2H3;6-8H,5H2,1-4H3;5-7H,1-4H3. The third-order valence-corrected chi connectivity index (χ3v) is 11.6. The molecule has 4 N–H and O–H groups in total. The van der Waals surface area contributed by atoms with Gasteiger partial charge in [0.05, 0.1) is 0 Å². The molecule has 8 aliphatic rings. The van der Waals surface area contributed by atoms with Gasteiger partial charge in [0.1, 0.15) is 0 Å². The molecule has 0 aromatic heterocycles. The molecule has 0 aromatic rings. The minimum Gasteiger partial charge on any atom is -0.314 e. The van der Waals surface area contributed by atoms with Gasteiger partial charge in [-0.15, -0.1) is 0 Å². The molecule has 0 amide bonds. The highest BCUT2D eigenvalue weighted by atomic mass is 15.0. The van der Waals surface area contributed by atoms with Gasteiger partial charge in [-0.05, 0) is 131 Å². The number of rotatable bonds is 10. The van der Waals surface area contributed by atoms with E-state index < -0.39 is 0 Å². The maximum Gasteiger partial charge on any atom is 0.0191 e. The molecule has 0 saturated heterocycles. The van der Waals surface area contributed by atoms with E-state index in [1.165, 1.54) is 32.2 Å². The van der Waals surface area contributed by atoms with Crippen LogP contribution in [0.4, 0.5) is 0 Å². The van der Waals surface area contributed by atoms with Crippen molar-refractivity contribution in [2.45, 2.75) is 208 Å². The Hall–Kier alpha value is -0.160. The highest BCUT2D eigenvalue weighted by Gasteiger charge is 2.51. The van der Waals surface area contributed by atoms with E-state index >= 15 is 0 Å². The zero-order valence-electron chi connectivity index (χ0n) is 31.8. The molecule has 1 unspecified atom stereocenters. The molecule has 44 heavy (non-hydrogen) atoms. The molecule has 260 valence electrons. The van der Waals surface area contributed by atoms with Crippen molar-refractivity contribution in [1.29, 1.82) is 0 Å². The van der Waals surface area contributed by atoms with E-state index in [1.54, 1.807) is 57.8 Å². The molecule has 0 spiro atoms. The topological polar surface area (TPSA) is 48.1 Å². The molecular weight excluding hydrogens is 536 g/mol. The van der Waals surface area contributed by atoms with Gasteiger partial charge in [0.25, 0.3) is 0 Å². The van der Waals surface area contributed by atoms with Crippen molar-refractivity contribution < 1.29 is 0 Å². The lowest BCUT2D eigenvalue weighted by Gasteiger charge is -2.57. The maximum absolute atomic E-state index is 3.89. The van der Waals surface area contributed by atoms with Gasteiger partial charge in [0.15, 0.2) is 0 Å². The van der Waals surface area contributed by atoms with E-state index in [-0.39, 0.29) is 0 Å². The molecule has 8 saturated carbocycles. The lowest BCUT2D eigenvalue weighted by Crippen LogP contribution is -2.59. The average molecular weight is 617 g/mol. The van der Waals surface area contributed by atoms with Crippen molar-refractivity contribution in [3.63, 3.8) is 0 Å². The van der Waals surface area contributed by atoms with E-state index in [1.807, 2.05) is 0 Å². The summed E-state index contributed by atoms with van der Waals surface area (Å²) in [4.78, 5) is 0. The van der Waals surface area contributed by atoms with Crippen LogP contribution in [0.1, 0.15) is 167 Å². The summed E-state index contributed by atoms with van der Waals surface area (Å²) < 4.78 is 0. The van der Waals surface area contributed by atoms with Crippen LogP contribution in [0.2, 0.25) is 0 Å². The van der Waals surface area contributed by atoms with Crippen LogP contribution in [-0.2, 0) is 0 Å². The van der Waals surface area contributed by atoms with Gasteiger partial charge in [0, 0.05) is 48.3 Å². The zero-order chi connectivity index (χ0) is 32.7. The molecule has 0 heterocycles. The molecule has 4 heteroatoms. The SMILES string of the molecule is CC(C)NC(C)C.CC(C)NC12CC3CC(CC(C3)C1)C2.CC(C)NCC12CC3CC(CC(C3)C1)C2.CCC(C)NC(C)C. The zero-order valence-corrected chi connectivity index (χ0v) is 31.8. The first-order valence-corrected chi connectivity index (χ1v) is 19.6. The second kappa shape index (κ2) is 17.3. The van der Waals surface area contributed by atoms with Gasteiger partial charge in [-0.1, -0.05) is 76.2 Å². The molecule has 8 aliphatic carbocycles. The first kappa shape index (κ1) is 38.3. The molecular formula is C40H80N4. The largest absolute Gasteiger partial charge is 0.314 e. The first-order chi connectivity index (χ1) is 20.6. The highest BCUT2D eigenvalue weighted by molar-refractivity contribution is 5.07. The lowest BCUT2D eigenvalue weighted by molar-refractivity contribution is -0.0520. The Morgan fingerprint density at radius 3 is 1.09 bits per heavy atom. The summed E-state index contributed by atoms with van der Waals surface area (Å²) in [6.07, 6.45) is 19.7.